The molecule has 0 amide bonds. The van der Waals surface area contributed by atoms with E-state index in [0.29, 0.717) is 25.3 Å². The maximum Gasteiger partial charge on any atom is 0.410 e. The number of nitrogens with one attached hydrogen (secondary N) is 1. The van der Waals surface area contributed by atoms with E-state index in [1.54, 1.807) is 0 Å². The molecule has 1 aromatic heterocycles. The van der Waals surface area contributed by atoms with Gasteiger partial charge in [-0.3, -0.25) is 4.79 Å². The zero-order valence-electron chi connectivity index (χ0n) is 18.3. The molecule has 3 N–H and O–H groups in total. The van der Waals surface area contributed by atoms with Crippen LogP contribution in [0.5, 0.6) is 5.88 Å². The van der Waals surface area contributed by atoms with Gasteiger partial charge in [-0.1, -0.05) is 0 Å². The first-order valence-corrected chi connectivity index (χ1v) is 11.5. The lowest BCUT2D eigenvalue weighted by Gasteiger charge is -2.39. The fourth-order valence-corrected chi connectivity index (χ4v) is 4.19. The third kappa shape index (κ3) is 6.14. The zero-order valence-corrected chi connectivity index (χ0v) is 20.3. The molecule has 3 heterocycles. The van der Waals surface area contributed by atoms with Crippen molar-refractivity contribution >= 4 is 34.0 Å². The Kier molecular flexibility index (Phi) is 6.66. The summed E-state index contributed by atoms with van der Waals surface area (Å²) in [6.45, 7) is 7.54. The Bertz CT molecular complexity index is 810. The predicted molar refractivity (Wildman–Crippen MR) is 112 cm³/mol. The lowest BCUT2D eigenvalue weighted by molar-refractivity contribution is -0.170. The van der Waals surface area contributed by atoms with Crippen molar-refractivity contribution in [2.24, 2.45) is 5.41 Å². The van der Waals surface area contributed by atoms with E-state index < -0.39 is 16.7 Å². The molecule has 1 aromatic rings. The first kappa shape index (κ1) is 23.9. The average molecular weight is 459 g/mol. The molecule has 0 saturated carbocycles. The lowest BCUT2D eigenvalue weighted by atomic mass is 9.76. The van der Waals surface area contributed by atoms with Gasteiger partial charge in [-0.25, -0.2) is 0 Å². The minimum Gasteiger partial charge on any atom is -0.482 e. The van der Waals surface area contributed by atoms with Crippen LogP contribution < -0.4 is 20.7 Å². The van der Waals surface area contributed by atoms with Crippen molar-refractivity contribution in [3.8, 4) is 5.88 Å². The lowest BCUT2D eigenvalue weighted by Crippen LogP contribution is -2.41. The first-order valence-electron chi connectivity index (χ1n) is 10.4. The summed E-state index contributed by atoms with van der Waals surface area (Å²) in [5, 5.41) is 3.29. The number of esters is 1. The summed E-state index contributed by atoms with van der Waals surface area (Å²) in [4.78, 5) is 20.5. The van der Waals surface area contributed by atoms with Crippen molar-refractivity contribution in [3.63, 3.8) is 0 Å². The number of piperidine rings is 1. The number of halogens is 3. The summed E-state index contributed by atoms with van der Waals surface area (Å²) < 4.78 is 49.0. The minimum atomic E-state index is -4.44. The fraction of sp³-hybridized carbons (Fsp3) is 0.737. The van der Waals surface area contributed by atoms with Crippen LogP contribution in [0.15, 0.2) is 6.07 Å². The average Bonchev–Trinajstić information content (AvgIpc) is 3.03. The quantitative estimate of drug-likeness (QED) is 0.513. The standard InChI is InChI=1S/C19H27F3N5O3.Al.2H/c1-17(2,3)30-15(28)12-9-18(10-24-12)4-6-27(7-5-18)13-8-14(26-16(23)25-13)29-11-19(20,21)22;;;/h8,11-12,24H,4-7,9-10H2,1-3H3,(H2,23,25,26);;;/t12-;;;/m0.../s1. The summed E-state index contributed by atoms with van der Waals surface area (Å²) in [7, 11) is 0. The number of nitrogens with zero attached hydrogens (tertiary/aromatic N) is 3. The van der Waals surface area contributed by atoms with Gasteiger partial charge in [0.05, 0.1) is 0 Å². The third-order valence-corrected chi connectivity index (χ3v) is 6.56. The molecule has 8 nitrogen and oxygen atoms in total. The van der Waals surface area contributed by atoms with Crippen molar-refractivity contribution < 1.29 is 27.4 Å². The minimum absolute atomic E-state index is 0.0215. The van der Waals surface area contributed by atoms with Crippen LogP contribution in [0.25, 0.3) is 0 Å². The number of nitrogens with two attached hydrogens (primary N) is 1. The van der Waals surface area contributed by atoms with E-state index in [-0.39, 0.29) is 45.5 Å². The number of rotatable bonds is 4. The molecule has 0 aliphatic carbocycles. The molecule has 2 saturated heterocycles. The highest BCUT2D eigenvalue weighted by Gasteiger charge is 2.45. The number of anilines is 2. The van der Waals surface area contributed by atoms with E-state index in [0.717, 1.165) is 19.4 Å². The number of aromatic nitrogens is 2. The normalized spacial score (nSPS) is 22.4. The largest absolute Gasteiger partial charge is 0.482 e. The van der Waals surface area contributed by atoms with Gasteiger partial charge in [0.25, 0.3) is 16.3 Å². The van der Waals surface area contributed by atoms with Crippen LogP contribution >= 0.6 is 0 Å². The Hall–Kier alpha value is -1.77. The van der Waals surface area contributed by atoms with Crippen molar-refractivity contribution in [1.82, 2.24) is 15.3 Å². The van der Waals surface area contributed by atoms with E-state index in [9.17, 15) is 18.0 Å². The van der Waals surface area contributed by atoms with Crippen molar-refractivity contribution in [2.75, 3.05) is 30.3 Å². The van der Waals surface area contributed by atoms with E-state index in [1.807, 2.05) is 25.7 Å². The van der Waals surface area contributed by atoms with Gasteiger partial charge in [-0.2, -0.15) is 23.1 Å². The Morgan fingerprint density at radius 2 is 1.97 bits per heavy atom. The highest BCUT2D eigenvalue weighted by Crippen LogP contribution is 2.41. The van der Waals surface area contributed by atoms with Gasteiger partial charge in [-0.15, -0.1) is 0 Å². The molecule has 12 heteroatoms. The number of hydrogen-bond acceptors (Lipinski definition) is 8. The molecule has 2 fully saturated rings. The molecule has 0 unspecified atom stereocenters. The number of alkyl halides is 3. The highest BCUT2D eigenvalue weighted by atomic mass is 27.0. The first-order chi connectivity index (χ1) is 14.3. The SMILES string of the molecule is CC(C)(C)OC(=O)[C@@H]1CC2(CCN(c3cc(O[C@H]([AlH2])C(F)(F)F)nc(N)n3)CC2)CN1. The molecule has 3 rings (SSSR count). The smallest absolute Gasteiger partial charge is 0.410 e. The van der Waals surface area contributed by atoms with Gasteiger partial charge >= 0.3 is 12.1 Å². The molecular weight excluding hydrogens is 430 g/mol. The van der Waals surface area contributed by atoms with Crippen molar-refractivity contribution in [3.05, 3.63) is 6.07 Å². The molecule has 172 valence electrons. The third-order valence-electron chi connectivity index (χ3n) is 5.66. The molecule has 0 bridgehead atoms. The molecule has 2 aliphatic heterocycles. The fourth-order valence-electron chi connectivity index (χ4n) is 3.95. The summed E-state index contributed by atoms with van der Waals surface area (Å²) in [6.07, 6.45) is -2.12. The number of carbonyl (C=O) groups is 1. The topological polar surface area (TPSA) is 103 Å². The Morgan fingerprint density at radius 3 is 2.55 bits per heavy atom. The Labute approximate surface area is 187 Å². The van der Waals surface area contributed by atoms with Crippen LogP contribution in [-0.2, 0) is 9.53 Å². The van der Waals surface area contributed by atoms with Gasteiger partial charge in [0, 0.05) is 25.7 Å². The summed E-state index contributed by atoms with van der Waals surface area (Å²) in [5.74, 6) is -0.0912. The molecule has 31 heavy (non-hydrogen) atoms. The highest BCUT2D eigenvalue weighted by molar-refractivity contribution is 6.11. The van der Waals surface area contributed by atoms with Crippen LogP contribution in [0.4, 0.5) is 24.9 Å². The maximum atomic E-state index is 12.8. The van der Waals surface area contributed by atoms with Crippen LogP contribution in [0.2, 0.25) is 0 Å². The maximum absolute atomic E-state index is 12.8. The van der Waals surface area contributed by atoms with E-state index in [4.69, 9.17) is 15.2 Å². The molecule has 2 atom stereocenters. The van der Waals surface area contributed by atoms with Crippen molar-refractivity contribution in [1.29, 1.82) is 0 Å². The van der Waals surface area contributed by atoms with Crippen LogP contribution in [0, 0.1) is 5.41 Å². The Balaban J connectivity index is 1.62. The molecular formula is C19H29AlF3N5O3. The summed E-state index contributed by atoms with van der Waals surface area (Å²) in [5.41, 5.74) is 5.16. The number of ether oxygens (including phenoxy) is 2. The van der Waals surface area contributed by atoms with Gasteiger partial charge in [0.2, 0.25) is 11.8 Å². The molecule has 0 radical (unpaired) electrons. The van der Waals surface area contributed by atoms with Gasteiger partial charge in [0.1, 0.15) is 22.4 Å². The second-order valence-corrected chi connectivity index (χ2v) is 10.4. The number of carbonyl (C=O) groups excluding carboxylic acids is 1. The van der Waals surface area contributed by atoms with Gasteiger partial charge in [-0.05, 0) is 45.4 Å². The van der Waals surface area contributed by atoms with E-state index >= 15 is 0 Å². The second-order valence-electron chi connectivity index (χ2n) is 9.38. The van der Waals surface area contributed by atoms with E-state index in [2.05, 4.69) is 15.3 Å². The summed E-state index contributed by atoms with van der Waals surface area (Å²) in [6, 6.07) is 1.08. The van der Waals surface area contributed by atoms with Crippen LogP contribution in [0.3, 0.4) is 0 Å². The number of hydrogen-bond donors (Lipinski definition) is 2. The van der Waals surface area contributed by atoms with Gasteiger partial charge in [0.15, 0.2) is 0 Å². The zero-order chi connectivity index (χ0) is 23.0. The Morgan fingerprint density at radius 1 is 1.32 bits per heavy atom. The predicted octanol–water partition coefficient (Wildman–Crippen LogP) is 1.25. The van der Waals surface area contributed by atoms with E-state index in [1.165, 1.54) is 6.07 Å². The molecule has 0 aromatic carbocycles. The number of nitrogen functional groups attached to an aromatic ring is 1. The molecule has 1 spiro atoms. The van der Waals surface area contributed by atoms with Crippen LogP contribution in [0.1, 0.15) is 40.0 Å². The van der Waals surface area contributed by atoms with Crippen LogP contribution in [-0.4, -0.2) is 74.6 Å². The second kappa shape index (κ2) is 8.64. The summed E-state index contributed by atoms with van der Waals surface area (Å²) >= 11 is -0.224. The van der Waals surface area contributed by atoms with Crippen molar-refractivity contribution in [2.45, 2.75) is 62.8 Å². The van der Waals surface area contributed by atoms with Gasteiger partial charge < -0.3 is 25.4 Å². The monoisotopic (exact) mass is 459 g/mol. The molecule has 2 aliphatic rings.